The van der Waals surface area contributed by atoms with Crippen LogP contribution in [0.2, 0.25) is 0 Å². The Morgan fingerprint density at radius 2 is 0.711 bits per heavy atom. The molecule has 5 heteroatoms. The van der Waals surface area contributed by atoms with Crippen molar-refractivity contribution in [3.63, 3.8) is 0 Å². The number of nitrogens with zero attached hydrogens (tertiary/aromatic N) is 1. The molecule has 0 N–H and O–H groups in total. The molecule has 4 rings (SSSR count). The molecule has 4 aromatic rings. The molecule has 0 saturated heterocycles. The largest absolute Gasteiger partial charge is 0.338 e. The van der Waals surface area contributed by atoms with Crippen molar-refractivity contribution in [1.82, 2.24) is 4.90 Å². The van der Waals surface area contributed by atoms with Gasteiger partial charge in [0.05, 0.1) is 11.4 Å². The third-order valence-corrected chi connectivity index (χ3v) is 5.91. The van der Waals surface area contributed by atoms with Crippen molar-refractivity contribution in [2.24, 2.45) is 0 Å². The fraction of sp³-hybridized carbons (Fsp3) is 0.0303. The molecule has 0 spiro atoms. The number of rotatable bonds is 10. The van der Waals surface area contributed by atoms with Crippen LogP contribution in [0.25, 0.3) is 0 Å². The van der Waals surface area contributed by atoms with Crippen LogP contribution in [0.3, 0.4) is 0 Å². The highest BCUT2D eigenvalue weighted by Crippen LogP contribution is 2.22. The molecule has 0 aromatic heterocycles. The van der Waals surface area contributed by atoms with E-state index in [1.165, 1.54) is 24.1 Å². The summed E-state index contributed by atoms with van der Waals surface area (Å²) in [5, 5.41) is 0. The van der Waals surface area contributed by atoms with Gasteiger partial charge >= 0.3 is 0 Å². The van der Waals surface area contributed by atoms with Crippen LogP contribution in [-0.2, 0) is 0 Å². The Morgan fingerprint density at radius 3 is 1.00 bits per heavy atom. The Hall–Kier alpha value is -5.16. The van der Waals surface area contributed by atoms with Gasteiger partial charge in [0.25, 0.3) is 0 Å². The monoisotopic (exact) mass is 499 g/mol. The average molecular weight is 500 g/mol. The van der Waals surface area contributed by atoms with Crippen LogP contribution in [0.1, 0.15) is 41.4 Å². The molecule has 0 saturated carbocycles. The van der Waals surface area contributed by atoms with E-state index >= 15 is 0 Å². The summed E-state index contributed by atoms with van der Waals surface area (Å²) >= 11 is 0. The Labute approximate surface area is 221 Å². The van der Waals surface area contributed by atoms with E-state index in [0.717, 1.165) is 0 Å². The standard InChI is InChI=1S/C33H25NO4/c1-34(28(32(37)26-18-10-4-11-19-26)22-30(35)24-14-6-2-7-15-24)29(33(38)27-20-12-5-13-21-27)23-31(36)25-16-8-3-9-17-25/h2-23H,1H3. The quantitative estimate of drug-likeness (QED) is 0.191. The van der Waals surface area contributed by atoms with Crippen molar-refractivity contribution in [3.8, 4) is 0 Å². The number of likely N-dealkylation sites (N-methyl/N-ethyl adjacent to an activating group) is 1. The van der Waals surface area contributed by atoms with Gasteiger partial charge in [-0.3, -0.25) is 19.2 Å². The van der Waals surface area contributed by atoms with Crippen molar-refractivity contribution in [3.05, 3.63) is 167 Å². The summed E-state index contributed by atoms with van der Waals surface area (Å²) in [4.78, 5) is 55.0. The van der Waals surface area contributed by atoms with Gasteiger partial charge in [-0.05, 0) is 0 Å². The molecular formula is C33H25NO4. The average Bonchev–Trinajstić information content (AvgIpc) is 2.99. The van der Waals surface area contributed by atoms with Crippen LogP contribution in [-0.4, -0.2) is 35.1 Å². The molecule has 0 bridgehead atoms. The molecule has 4 aromatic carbocycles. The molecule has 0 radical (unpaired) electrons. The summed E-state index contributed by atoms with van der Waals surface area (Å²) < 4.78 is 0. The van der Waals surface area contributed by atoms with Gasteiger partial charge < -0.3 is 4.90 Å². The van der Waals surface area contributed by atoms with Crippen molar-refractivity contribution < 1.29 is 19.2 Å². The minimum Gasteiger partial charge on any atom is -0.338 e. The second-order valence-corrected chi connectivity index (χ2v) is 8.47. The fourth-order valence-corrected chi connectivity index (χ4v) is 3.85. The number of benzene rings is 4. The smallest absolute Gasteiger partial charge is 0.209 e. The van der Waals surface area contributed by atoms with Gasteiger partial charge in [-0.25, -0.2) is 0 Å². The van der Waals surface area contributed by atoms with E-state index in [1.54, 1.807) is 121 Å². The predicted molar refractivity (Wildman–Crippen MR) is 147 cm³/mol. The van der Waals surface area contributed by atoms with Gasteiger partial charge in [-0.15, -0.1) is 0 Å². The van der Waals surface area contributed by atoms with Gasteiger partial charge in [-0.2, -0.15) is 0 Å². The van der Waals surface area contributed by atoms with Gasteiger partial charge in [0.15, 0.2) is 11.6 Å². The first-order chi connectivity index (χ1) is 18.5. The van der Waals surface area contributed by atoms with E-state index in [4.69, 9.17) is 0 Å². The SMILES string of the molecule is CN(C(=CC(=O)c1ccccc1)C(=O)c1ccccc1)C(=CC(=O)c1ccccc1)C(=O)c1ccccc1. The van der Waals surface area contributed by atoms with E-state index in [9.17, 15) is 19.2 Å². The molecule has 0 aliphatic carbocycles. The number of ketones is 4. The maximum atomic E-state index is 13.7. The maximum absolute atomic E-state index is 13.7. The van der Waals surface area contributed by atoms with Crippen LogP contribution in [0.5, 0.6) is 0 Å². The molecule has 0 heterocycles. The minimum absolute atomic E-state index is 0.0403. The lowest BCUT2D eigenvalue weighted by Gasteiger charge is -2.24. The molecule has 0 aliphatic heterocycles. The third-order valence-electron chi connectivity index (χ3n) is 5.91. The number of allylic oxidation sites excluding steroid dienone is 4. The summed E-state index contributed by atoms with van der Waals surface area (Å²) in [5.41, 5.74) is 1.38. The summed E-state index contributed by atoms with van der Waals surface area (Å²) in [7, 11) is 1.51. The van der Waals surface area contributed by atoms with E-state index in [-0.39, 0.29) is 11.4 Å². The van der Waals surface area contributed by atoms with Crippen LogP contribution in [0.15, 0.2) is 145 Å². The van der Waals surface area contributed by atoms with Crippen molar-refractivity contribution in [2.45, 2.75) is 0 Å². The van der Waals surface area contributed by atoms with E-state index in [1.807, 2.05) is 0 Å². The van der Waals surface area contributed by atoms with Gasteiger partial charge in [0, 0.05) is 41.5 Å². The van der Waals surface area contributed by atoms with Crippen LogP contribution >= 0.6 is 0 Å². The molecule has 0 atom stereocenters. The molecule has 5 nitrogen and oxygen atoms in total. The zero-order valence-corrected chi connectivity index (χ0v) is 20.8. The number of hydrogen-bond acceptors (Lipinski definition) is 5. The second-order valence-electron chi connectivity index (χ2n) is 8.47. The molecule has 186 valence electrons. The lowest BCUT2D eigenvalue weighted by atomic mass is 10.0. The number of carbonyl (C=O) groups is 4. The van der Waals surface area contributed by atoms with Gasteiger partial charge in [-0.1, -0.05) is 121 Å². The normalized spacial score (nSPS) is 11.5. The second kappa shape index (κ2) is 12.2. The fourth-order valence-electron chi connectivity index (χ4n) is 3.85. The van der Waals surface area contributed by atoms with Crippen molar-refractivity contribution in [1.29, 1.82) is 0 Å². The Balaban J connectivity index is 1.85. The first-order valence-corrected chi connectivity index (χ1v) is 12.0. The Morgan fingerprint density at radius 1 is 0.447 bits per heavy atom. The van der Waals surface area contributed by atoms with Crippen LogP contribution < -0.4 is 0 Å². The lowest BCUT2D eigenvalue weighted by molar-refractivity contribution is 0.0955. The summed E-state index contributed by atoms with van der Waals surface area (Å²) in [6.45, 7) is 0. The predicted octanol–water partition coefficient (Wildman–Crippen LogP) is 6.22. The molecule has 0 aliphatic rings. The summed E-state index contributed by atoms with van der Waals surface area (Å²) in [6.07, 6.45) is 2.42. The lowest BCUT2D eigenvalue weighted by Crippen LogP contribution is -2.29. The maximum Gasteiger partial charge on any atom is 0.209 e. The van der Waals surface area contributed by atoms with E-state index in [2.05, 4.69) is 0 Å². The molecular weight excluding hydrogens is 474 g/mol. The zero-order valence-electron chi connectivity index (χ0n) is 20.8. The highest BCUT2D eigenvalue weighted by atomic mass is 16.1. The number of hydrogen-bond donors (Lipinski definition) is 0. The van der Waals surface area contributed by atoms with E-state index < -0.39 is 23.1 Å². The molecule has 0 amide bonds. The van der Waals surface area contributed by atoms with Crippen molar-refractivity contribution in [2.75, 3.05) is 7.05 Å². The first kappa shape index (κ1) is 25.9. The Bertz CT molecular complexity index is 1390. The summed E-state index contributed by atoms with van der Waals surface area (Å²) in [6, 6.07) is 34.0. The van der Waals surface area contributed by atoms with E-state index in [0.29, 0.717) is 22.3 Å². The third kappa shape index (κ3) is 6.15. The van der Waals surface area contributed by atoms with Crippen LogP contribution in [0.4, 0.5) is 0 Å². The highest BCUT2D eigenvalue weighted by Gasteiger charge is 2.26. The molecule has 38 heavy (non-hydrogen) atoms. The summed E-state index contributed by atoms with van der Waals surface area (Å²) in [5.74, 6) is -1.73. The first-order valence-electron chi connectivity index (χ1n) is 12.0. The molecule has 0 unspecified atom stereocenters. The highest BCUT2D eigenvalue weighted by molar-refractivity contribution is 6.18. The molecule has 0 fully saturated rings. The van der Waals surface area contributed by atoms with Crippen molar-refractivity contribution >= 4 is 23.1 Å². The zero-order chi connectivity index (χ0) is 26.9. The number of Topliss-reactive ketones (excluding diaryl/α,β-unsaturated/α-hetero) is 2. The van der Waals surface area contributed by atoms with Gasteiger partial charge in [0.2, 0.25) is 11.6 Å². The van der Waals surface area contributed by atoms with Gasteiger partial charge in [0.1, 0.15) is 0 Å². The number of carbonyl (C=O) groups excluding carboxylic acids is 4. The Kier molecular flexibility index (Phi) is 8.32. The minimum atomic E-state index is -0.462. The topological polar surface area (TPSA) is 71.5 Å². The van der Waals surface area contributed by atoms with Crippen LogP contribution in [0, 0.1) is 0 Å².